The highest BCUT2D eigenvalue weighted by molar-refractivity contribution is 7.98. The highest BCUT2D eigenvalue weighted by Gasteiger charge is 2.28. The maximum atomic E-state index is 12.8. The molecule has 3 nitrogen and oxygen atoms in total. The maximum absolute atomic E-state index is 12.8. The Labute approximate surface area is 149 Å². The number of nitrogens with zero attached hydrogens (tertiary/aromatic N) is 2. The van der Waals surface area contributed by atoms with Crippen molar-refractivity contribution in [3.63, 3.8) is 0 Å². The lowest BCUT2D eigenvalue weighted by atomic mass is 10.2. The zero-order valence-electron chi connectivity index (χ0n) is 13.4. The monoisotopic (exact) mass is 354 g/mol. The van der Waals surface area contributed by atoms with Crippen LogP contribution in [0.2, 0.25) is 0 Å². The summed E-state index contributed by atoms with van der Waals surface area (Å²) in [7, 11) is 0. The lowest BCUT2D eigenvalue weighted by Crippen LogP contribution is -2.22. The van der Waals surface area contributed by atoms with Crippen molar-refractivity contribution in [1.82, 2.24) is 9.55 Å². The van der Waals surface area contributed by atoms with E-state index in [0.29, 0.717) is 6.04 Å². The van der Waals surface area contributed by atoms with Gasteiger partial charge >= 0.3 is 0 Å². The van der Waals surface area contributed by atoms with Crippen LogP contribution in [-0.4, -0.2) is 15.8 Å². The molecule has 0 atom stereocenters. The van der Waals surface area contributed by atoms with Gasteiger partial charge in [0.25, 0.3) is 5.56 Å². The van der Waals surface area contributed by atoms with E-state index in [4.69, 9.17) is 4.98 Å². The Morgan fingerprint density at radius 3 is 2.58 bits per heavy atom. The molecule has 0 unspecified atom stereocenters. The smallest absolute Gasteiger partial charge is 0.262 e. The molecular weight excluding hydrogens is 336 g/mol. The summed E-state index contributed by atoms with van der Waals surface area (Å²) in [4.78, 5) is 18.9. The molecule has 1 fully saturated rings. The van der Waals surface area contributed by atoms with Crippen molar-refractivity contribution in [2.45, 2.75) is 34.7 Å². The van der Waals surface area contributed by atoms with Crippen LogP contribution >= 0.6 is 23.5 Å². The van der Waals surface area contributed by atoms with Gasteiger partial charge in [-0.3, -0.25) is 9.36 Å². The van der Waals surface area contributed by atoms with Crippen LogP contribution in [0.3, 0.4) is 0 Å². The molecule has 2 aromatic carbocycles. The molecule has 122 valence electrons. The Hall–Kier alpha value is -1.72. The number of benzene rings is 2. The number of fused-ring (bicyclic) bond motifs is 1. The van der Waals surface area contributed by atoms with Gasteiger partial charge in [-0.15, -0.1) is 11.8 Å². The van der Waals surface area contributed by atoms with Crippen LogP contribution < -0.4 is 5.56 Å². The Morgan fingerprint density at radius 2 is 1.88 bits per heavy atom. The van der Waals surface area contributed by atoms with Gasteiger partial charge in [0.1, 0.15) is 0 Å². The third-order valence-electron chi connectivity index (χ3n) is 4.21. The number of thioether (sulfide) groups is 2. The van der Waals surface area contributed by atoms with Crippen LogP contribution in [0.25, 0.3) is 10.9 Å². The standard InChI is InChI=1S/C19H18N2OS2/c1-23-15-10-6-13(7-11-15)12-24-19-20-17-5-3-2-4-16(17)18(22)21(19)14-8-9-14/h2-7,10-11,14H,8-9,12H2,1H3. The molecule has 0 radical (unpaired) electrons. The molecule has 24 heavy (non-hydrogen) atoms. The van der Waals surface area contributed by atoms with Crippen LogP contribution in [0.1, 0.15) is 24.4 Å². The van der Waals surface area contributed by atoms with Crippen LogP contribution in [-0.2, 0) is 5.75 Å². The second kappa shape index (κ2) is 6.65. The van der Waals surface area contributed by atoms with E-state index in [2.05, 4.69) is 30.5 Å². The highest BCUT2D eigenvalue weighted by atomic mass is 32.2. The SMILES string of the molecule is CSc1ccc(CSc2nc3ccccc3c(=O)n2C2CC2)cc1. The molecule has 0 bridgehead atoms. The van der Waals surface area contributed by atoms with E-state index in [1.807, 2.05) is 28.8 Å². The Morgan fingerprint density at radius 1 is 1.12 bits per heavy atom. The van der Waals surface area contributed by atoms with Gasteiger partial charge in [-0.1, -0.05) is 36.0 Å². The Kier molecular flexibility index (Phi) is 4.37. The van der Waals surface area contributed by atoms with Crippen molar-refractivity contribution in [2.24, 2.45) is 0 Å². The summed E-state index contributed by atoms with van der Waals surface area (Å²) in [5, 5.41) is 1.56. The van der Waals surface area contributed by atoms with E-state index in [9.17, 15) is 4.79 Å². The molecule has 0 saturated heterocycles. The molecule has 3 aromatic rings. The molecule has 1 heterocycles. The van der Waals surface area contributed by atoms with Crippen LogP contribution in [0.5, 0.6) is 0 Å². The van der Waals surface area contributed by atoms with Crippen LogP contribution in [0.4, 0.5) is 0 Å². The zero-order valence-corrected chi connectivity index (χ0v) is 15.1. The maximum Gasteiger partial charge on any atom is 0.262 e. The minimum absolute atomic E-state index is 0.100. The minimum Gasteiger partial charge on any atom is -0.284 e. The highest BCUT2D eigenvalue weighted by Crippen LogP contribution is 2.37. The molecule has 0 spiro atoms. The number of aromatic nitrogens is 2. The largest absolute Gasteiger partial charge is 0.284 e. The second-order valence-electron chi connectivity index (χ2n) is 5.95. The molecule has 1 saturated carbocycles. The third kappa shape index (κ3) is 3.10. The van der Waals surface area contributed by atoms with Gasteiger partial charge in [-0.2, -0.15) is 0 Å². The van der Waals surface area contributed by atoms with Crippen molar-refractivity contribution in [2.75, 3.05) is 6.26 Å². The van der Waals surface area contributed by atoms with Gasteiger partial charge in [0.15, 0.2) is 5.16 Å². The van der Waals surface area contributed by atoms with Gasteiger partial charge in [0, 0.05) is 16.7 Å². The first-order valence-electron chi connectivity index (χ1n) is 8.03. The van der Waals surface area contributed by atoms with E-state index < -0.39 is 0 Å². The van der Waals surface area contributed by atoms with E-state index in [0.717, 1.165) is 34.7 Å². The van der Waals surface area contributed by atoms with Crippen LogP contribution in [0.15, 0.2) is 63.4 Å². The van der Waals surface area contributed by atoms with E-state index in [1.165, 1.54) is 10.5 Å². The summed E-state index contributed by atoms with van der Waals surface area (Å²) in [6.07, 6.45) is 4.24. The summed E-state index contributed by atoms with van der Waals surface area (Å²) >= 11 is 3.40. The van der Waals surface area contributed by atoms with Gasteiger partial charge in [-0.25, -0.2) is 4.98 Å². The lowest BCUT2D eigenvalue weighted by Gasteiger charge is -2.12. The van der Waals surface area contributed by atoms with Crippen molar-refractivity contribution >= 4 is 34.4 Å². The number of hydrogen-bond acceptors (Lipinski definition) is 4. The van der Waals surface area contributed by atoms with Crippen LogP contribution in [0, 0.1) is 0 Å². The van der Waals surface area contributed by atoms with Gasteiger partial charge in [-0.05, 0) is 48.9 Å². The second-order valence-corrected chi connectivity index (χ2v) is 7.78. The van der Waals surface area contributed by atoms with E-state index in [-0.39, 0.29) is 5.56 Å². The number of hydrogen-bond donors (Lipinski definition) is 0. The fourth-order valence-corrected chi connectivity index (χ4v) is 4.18. The predicted octanol–water partition coefficient (Wildman–Crippen LogP) is 4.75. The first-order chi connectivity index (χ1) is 11.8. The predicted molar refractivity (Wildman–Crippen MR) is 102 cm³/mol. The number of para-hydroxylation sites is 1. The molecule has 1 aromatic heterocycles. The third-order valence-corrected chi connectivity index (χ3v) is 5.98. The average Bonchev–Trinajstić information content (AvgIpc) is 3.45. The fourth-order valence-electron chi connectivity index (χ4n) is 2.75. The first kappa shape index (κ1) is 15.8. The number of rotatable bonds is 5. The average molecular weight is 355 g/mol. The summed E-state index contributed by atoms with van der Waals surface area (Å²) < 4.78 is 1.91. The topological polar surface area (TPSA) is 34.9 Å². The van der Waals surface area contributed by atoms with Gasteiger partial charge in [0.2, 0.25) is 0 Å². The first-order valence-corrected chi connectivity index (χ1v) is 10.2. The van der Waals surface area contributed by atoms with E-state index in [1.54, 1.807) is 23.5 Å². The quantitative estimate of drug-likeness (QED) is 0.489. The fraction of sp³-hybridized carbons (Fsp3) is 0.263. The molecule has 0 amide bonds. The minimum atomic E-state index is 0.100. The van der Waals surface area contributed by atoms with Gasteiger partial charge in [0.05, 0.1) is 10.9 Å². The lowest BCUT2D eigenvalue weighted by molar-refractivity contribution is 0.618. The molecular formula is C19H18N2OS2. The molecule has 0 N–H and O–H groups in total. The van der Waals surface area contributed by atoms with E-state index >= 15 is 0 Å². The molecule has 1 aliphatic rings. The molecule has 1 aliphatic carbocycles. The molecule has 5 heteroatoms. The summed E-state index contributed by atoms with van der Waals surface area (Å²) in [6, 6.07) is 16.6. The van der Waals surface area contributed by atoms with Crippen molar-refractivity contribution < 1.29 is 0 Å². The molecule has 4 rings (SSSR count). The summed E-state index contributed by atoms with van der Waals surface area (Å²) in [5.41, 5.74) is 2.14. The Balaban J connectivity index is 1.67. The Bertz CT molecular complexity index is 930. The van der Waals surface area contributed by atoms with Crippen molar-refractivity contribution in [1.29, 1.82) is 0 Å². The summed E-state index contributed by atoms with van der Waals surface area (Å²) in [6.45, 7) is 0. The van der Waals surface area contributed by atoms with Gasteiger partial charge < -0.3 is 0 Å². The molecule has 0 aliphatic heterocycles. The normalized spacial score (nSPS) is 14.2. The van der Waals surface area contributed by atoms with Crippen molar-refractivity contribution in [3.05, 3.63) is 64.4 Å². The van der Waals surface area contributed by atoms with Crippen molar-refractivity contribution in [3.8, 4) is 0 Å². The summed E-state index contributed by atoms with van der Waals surface area (Å²) in [5.74, 6) is 0.826. The zero-order chi connectivity index (χ0) is 16.5.